The van der Waals surface area contributed by atoms with E-state index < -0.39 is 5.82 Å². The number of thioether (sulfide) groups is 1. The summed E-state index contributed by atoms with van der Waals surface area (Å²) in [6.45, 7) is 6.09. The number of fused-ring (bicyclic) bond motifs is 1. The van der Waals surface area contributed by atoms with Crippen molar-refractivity contribution in [2.24, 2.45) is 0 Å². The van der Waals surface area contributed by atoms with Crippen LogP contribution < -0.4 is 0 Å². The Morgan fingerprint density at radius 1 is 1.15 bits per heavy atom. The van der Waals surface area contributed by atoms with Crippen molar-refractivity contribution in [3.05, 3.63) is 69.6 Å². The molecule has 3 rings (SSSR count). The van der Waals surface area contributed by atoms with E-state index >= 15 is 0 Å². The first-order valence-electron chi connectivity index (χ1n) is 7.93. The van der Waals surface area contributed by atoms with E-state index in [1.54, 1.807) is 30.3 Å². The van der Waals surface area contributed by atoms with Gasteiger partial charge >= 0.3 is 0 Å². The van der Waals surface area contributed by atoms with Crippen molar-refractivity contribution >= 4 is 51.6 Å². The summed E-state index contributed by atoms with van der Waals surface area (Å²) in [6.07, 6.45) is 1.39. The van der Waals surface area contributed by atoms with Gasteiger partial charge in [0.1, 0.15) is 11.3 Å². The summed E-state index contributed by atoms with van der Waals surface area (Å²) in [5, 5.41) is 1.33. The molecule has 0 N–H and O–H groups in total. The quantitative estimate of drug-likeness (QED) is 0.353. The molecule has 0 saturated heterocycles. The van der Waals surface area contributed by atoms with E-state index in [2.05, 4.69) is 4.98 Å². The molecule has 0 amide bonds. The highest BCUT2D eigenvalue weighted by atomic mass is 35.5. The van der Waals surface area contributed by atoms with Crippen LogP contribution in [-0.4, -0.2) is 15.5 Å². The lowest BCUT2D eigenvalue weighted by molar-refractivity contribution is 0.103. The van der Waals surface area contributed by atoms with E-state index in [0.29, 0.717) is 31.5 Å². The minimum absolute atomic E-state index is 0.159. The van der Waals surface area contributed by atoms with E-state index in [1.165, 1.54) is 24.0 Å². The SMILES string of the molecule is CC(C)(C)Sc1c(C(=O)c2cnc3c(F)cccc3c2)ccc(Cl)c1Cl. The minimum atomic E-state index is -0.417. The second-order valence-corrected chi connectivity index (χ2v) is 9.44. The average molecular weight is 408 g/mol. The molecule has 0 fully saturated rings. The van der Waals surface area contributed by atoms with Crippen LogP contribution in [-0.2, 0) is 0 Å². The fraction of sp³-hybridized carbons (Fsp3) is 0.200. The molecule has 0 aliphatic rings. The summed E-state index contributed by atoms with van der Waals surface area (Å²) in [4.78, 5) is 17.8. The maximum absolute atomic E-state index is 13.8. The van der Waals surface area contributed by atoms with Gasteiger partial charge in [-0.2, -0.15) is 0 Å². The second-order valence-electron chi connectivity index (χ2n) is 6.82. The molecule has 2 aromatic carbocycles. The molecule has 0 aliphatic heterocycles. The first kappa shape index (κ1) is 19.2. The van der Waals surface area contributed by atoms with Crippen LogP contribution in [0.25, 0.3) is 10.9 Å². The Morgan fingerprint density at radius 2 is 1.88 bits per heavy atom. The van der Waals surface area contributed by atoms with Crippen LogP contribution in [0.2, 0.25) is 10.0 Å². The number of carbonyl (C=O) groups is 1. The van der Waals surface area contributed by atoms with Crippen LogP contribution >= 0.6 is 35.0 Å². The van der Waals surface area contributed by atoms with E-state index in [-0.39, 0.29) is 16.0 Å². The number of hydrogen-bond donors (Lipinski definition) is 0. The Kier molecular flexibility index (Phi) is 5.29. The number of halogens is 3. The van der Waals surface area contributed by atoms with Crippen molar-refractivity contribution in [1.82, 2.24) is 4.98 Å². The first-order valence-corrected chi connectivity index (χ1v) is 9.50. The highest BCUT2D eigenvalue weighted by Crippen LogP contribution is 2.42. The summed E-state index contributed by atoms with van der Waals surface area (Å²) in [7, 11) is 0. The second kappa shape index (κ2) is 7.18. The Morgan fingerprint density at radius 3 is 2.58 bits per heavy atom. The molecule has 26 heavy (non-hydrogen) atoms. The number of pyridine rings is 1. The molecule has 1 heterocycles. The van der Waals surface area contributed by atoms with Crippen LogP contribution in [0.15, 0.2) is 47.5 Å². The number of hydrogen-bond acceptors (Lipinski definition) is 3. The van der Waals surface area contributed by atoms with Crippen molar-refractivity contribution in [3.63, 3.8) is 0 Å². The third kappa shape index (κ3) is 3.88. The standard InChI is InChI=1S/C20H16Cl2FNOS/c1-20(2,3)26-19-13(7-8-14(21)16(19)22)18(25)12-9-11-5-4-6-15(23)17(11)24-10-12/h4-10H,1-3H3. The van der Waals surface area contributed by atoms with Gasteiger partial charge in [-0.1, -0.05) is 56.1 Å². The minimum Gasteiger partial charge on any atom is -0.289 e. The average Bonchev–Trinajstić information content (AvgIpc) is 2.57. The molecule has 0 aliphatic carbocycles. The van der Waals surface area contributed by atoms with Gasteiger partial charge in [0.25, 0.3) is 0 Å². The predicted molar refractivity (Wildman–Crippen MR) is 107 cm³/mol. The first-order chi connectivity index (χ1) is 12.2. The van der Waals surface area contributed by atoms with Crippen LogP contribution in [0.4, 0.5) is 4.39 Å². The normalized spacial score (nSPS) is 11.8. The van der Waals surface area contributed by atoms with Gasteiger partial charge in [-0.05, 0) is 24.3 Å². The summed E-state index contributed by atoms with van der Waals surface area (Å²) < 4.78 is 13.6. The molecular weight excluding hydrogens is 392 g/mol. The Labute approximate surface area is 165 Å². The number of nitrogens with zero attached hydrogens (tertiary/aromatic N) is 1. The lowest BCUT2D eigenvalue weighted by atomic mass is 10.0. The number of benzene rings is 2. The molecule has 2 nitrogen and oxygen atoms in total. The molecule has 134 valence electrons. The summed E-state index contributed by atoms with van der Waals surface area (Å²) in [5.41, 5.74) is 1.07. The maximum Gasteiger partial charge on any atom is 0.195 e. The number of para-hydroxylation sites is 1. The van der Waals surface area contributed by atoms with Gasteiger partial charge < -0.3 is 0 Å². The molecule has 0 saturated carbocycles. The third-order valence-corrected chi connectivity index (χ3v) is 5.78. The predicted octanol–water partition coefficient (Wildman–Crippen LogP) is 6.80. The Bertz CT molecular complexity index is 1010. The van der Waals surface area contributed by atoms with Gasteiger partial charge in [0, 0.05) is 32.4 Å². The lowest BCUT2D eigenvalue weighted by Crippen LogP contribution is -2.11. The Balaban J connectivity index is 2.12. The zero-order valence-electron chi connectivity index (χ0n) is 14.4. The van der Waals surface area contributed by atoms with Crippen molar-refractivity contribution in [1.29, 1.82) is 0 Å². The van der Waals surface area contributed by atoms with Crippen molar-refractivity contribution in [2.75, 3.05) is 0 Å². The molecule has 6 heteroatoms. The molecule has 0 radical (unpaired) electrons. The van der Waals surface area contributed by atoms with E-state index in [1.807, 2.05) is 20.8 Å². The molecular formula is C20H16Cl2FNOS. The molecule has 0 spiro atoms. The fourth-order valence-electron chi connectivity index (χ4n) is 2.52. The summed E-state index contributed by atoms with van der Waals surface area (Å²) in [5.74, 6) is -0.644. The number of carbonyl (C=O) groups excluding carboxylic acids is 1. The Hall–Kier alpha value is -1.62. The van der Waals surface area contributed by atoms with Crippen LogP contribution in [0.5, 0.6) is 0 Å². The molecule has 0 atom stereocenters. The number of rotatable bonds is 3. The zero-order chi connectivity index (χ0) is 19.1. The molecule has 1 aromatic heterocycles. The van der Waals surface area contributed by atoms with Crippen molar-refractivity contribution < 1.29 is 9.18 Å². The van der Waals surface area contributed by atoms with Crippen LogP contribution in [0, 0.1) is 5.82 Å². The van der Waals surface area contributed by atoms with E-state index in [9.17, 15) is 9.18 Å². The van der Waals surface area contributed by atoms with Crippen LogP contribution in [0.3, 0.4) is 0 Å². The molecule has 3 aromatic rings. The van der Waals surface area contributed by atoms with Crippen LogP contribution in [0.1, 0.15) is 36.7 Å². The fourth-order valence-corrected chi connectivity index (χ4v) is 4.10. The largest absolute Gasteiger partial charge is 0.289 e. The number of ketones is 1. The highest BCUT2D eigenvalue weighted by Gasteiger charge is 2.23. The molecule has 0 bridgehead atoms. The lowest BCUT2D eigenvalue weighted by Gasteiger charge is -2.21. The maximum atomic E-state index is 13.8. The monoisotopic (exact) mass is 407 g/mol. The van der Waals surface area contributed by atoms with Crippen molar-refractivity contribution in [2.45, 2.75) is 30.4 Å². The zero-order valence-corrected chi connectivity index (χ0v) is 16.8. The van der Waals surface area contributed by atoms with Gasteiger partial charge in [-0.25, -0.2) is 4.39 Å². The highest BCUT2D eigenvalue weighted by molar-refractivity contribution is 8.00. The number of aromatic nitrogens is 1. The summed E-state index contributed by atoms with van der Waals surface area (Å²) in [6, 6.07) is 9.57. The molecule has 0 unspecified atom stereocenters. The topological polar surface area (TPSA) is 30.0 Å². The van der Waals surface area contributed by atoms with Gasteiger partial charge in [0.05, 0.1) is 10.0 Å². The summed E-state index contributed by atoms with van der Waals surface area (Å²) >= 11 is 14.0. The van der Waals surface area contributed by atoms with Gasteiger partial charge in [-0.15, -0.1) is 11.8 Å². The third-order valence-electron chi connectivity index (χ3n) is 3.63. The van der Waals surface area contributed by atoms with Crippen molar-refractivity contribution in [3.8, 4) is 0 Å². The van der Waals surface area contributed by atoms with E-state index in [4.69, 9.17) is 23.2 Å². The van der Waals surface area contributed by atoms with E-state index in [0.717, 1.165) is 0 Å². The smallest absolute Gasteiger partial charge is 0.195 e. The van der Waals surface area contributed by atoms with Gasteiger partial charge in [-0.3, -0.25) is 9.78 Å². The van der Waals surface area contributed by atoms with Gasteiger partial charge in [0.15, 0.2) is 5.78 Å². The van der Waals surface area contributed by atoms with Gasteiger partial charge in [0.2, 0.25) is 0 Å².